The Bertz CT molecular complexity index is 530. The number of nitrogens with two attached hydrogens (primary N) is 1. The van der Waals surface area contributed by atoms with Crippen molar-refractivity contribution < 1.29 is 4.74 Å². The smallest absolute Gasteiger partial charge is 0.224 e. The number of ether oxygens (including phenoxy) is 1. The summed E-state index contributed by atoms with van der Waals surface area (Å²) in [5.41, 5.74) is 6.54. The predicted molar refractivity (Wildman–Crippen MR) is 72.6 cm³/mol. The molecule has 6 heteroatoms. The quantitative estimate of drug-likeness (QED) is 0.852. The fourth-order valence-electron chi connectivity index (χ4n) is 1.46. The van der Waals surface area contributed by atoms with E-state index in [2.05, 4.69) is 15.0 Å². The third kappa shape index (κ3) is 2.89. The van der Waals surface area contributed by atoms with Gasteiger partial charge in [0.15, 0.2) is 11.0 Å². The standard InChI is InChI=1S/C12H14N4OS/c1-3-17-9-6-4-8(5-7-9)10-14-11(13)16-12(15-10)18-2/h4-7H,3H2,1-2H3,(H2,13,14,15,16). The van der Waals surface area contributed by atoms with E-state index in [1.165, 1.54) is 11.8 Å². The molecule has 0 spiro atoms. The Kier molecular flexibility index (Phi) is 3.99. The number of benzene rings is 1. The Morgan fingerprint density at radius 1 is 1.17 bits per heavy atom. The van der Waals surface area contributed by atoms with Crippen LogP contribution in [0, 0.1) is 0 Å². The summed E-state index contributed by atoms with van der Waals surface area (Å²) in [5.74, 6) is 1.64. The zero-order chi connectivity index (χ0) is 13.0. The third-order valence-electron chi connectivity index (χ3n) is 2.24. The largest absolute Gasteiger partial charge is 0.494 e. The molecule has 1 heterocycles. The average Bonchev–Trinajstić information content (AvgIpc) is 2.39. The summed E-state index contributed by atoms with van der Waals surface area (Å²) >= 11 is 1.44. The Morgan fingerprint density at radius 3 is 2.50 bits per heavy atom. The van der Waals surface area contributed by atoms with E-state index in [1.807, 2.05) is 37.4 Å². The van der Waals surface area contributed by atoms with Gasteiger partial charge < -0.3 is 10.5 Å². The topological polar surface area (TPSA) is 73.9 Å². The minimum absolute atomic E-state index is 0.234. The second-order valence-corrected chi connectivity index (χ2v) is 4.23. The van der Waals surface area contributed by atoms with E-state index in [0.717, 1.165) is 11.3 Å². The van der Waals surface area contributed by atoms with Crippen LogP contribution in [0.15, 0.2) is 29.4 Å². The van der Waals surface area contributed by atoms with Crippen LogP contribution in [0.3, 0.4) is 0 Å². The molecule has 1 aromatic heterocycles. The Hall–Kier alpha value is -1.82. The van der Waals surface area contributed by atoms with Crippen LogP contribution in [-0.2, 0) is 0 Å². The van der Waals surface area contributed by atoms with Gasteiger partial charge in [-0.05, 0) is 37.4 Å². The van der Waals surface area contributed by atoms with Gasteiger partial charge in [-0.15, -0.1) is 0 Å². The van der Waals surface area contributed by atoms with Crippen molar-refractivity contribution in [2.45, 2.75) is 12.1 Å². The van der Waals surface area contributed by atoms with Crippen molar-refractivity contribution in [3.63, 3.8) is 0 Å². The summed E-state index contributed by atoms with van der Waals surface area (Å²) in [6, 6.07) is 7.59. The first-order chi connectivity index (χ1) is 8.72. The van der Waals surface area contributed by atoms with Crippen molar-refractivity contribution in [2.24, 2.45) is 0 Å². The van der Waals surface area contributed by atoms with E-state index in [0.29, 0.717) is 17.6 Å². The molecule has 1 aromatic carbocycles. The van der Waals surface area contributed by atoms with Gasteiger partial charge in [-0.3, -0.25) is 0 Å². The number of nitrogen functional groups attached to an aromatic ring is 1. The van der Waals surface area contributed by atoms with Gasteiger partial charge in [0, 0.05) is 5.56 Å². The summed E-state index contributed by atoms with van der Waals surface area (Å²) in [6.45, 7) is 2.60. The average molecular weight is 262 g/mol. The Balaban J connectivity index is 2.33. The van der Waals surface area contributed by atoms with E-state index in [-0.39, 0.29) is 5.95 Å². The number of thioether (sulfide) groups is 1. The number of anilines is 1. The molecule has 2 aromatic rings. The highest BCUT2D eigenvalue weighted by Gasteiger charge is 2.06. The van der Waals surface area contributed by atoms with Crippen LogP contribution in [0.1, 0.15) is 6.92 Å². The van der Waals surface area contributed by atoms with Crippen LogP contribution in [0.5, 0.6) is 5.75 Å². The SMILES string of the molecule is CCOc1ccc(-c2nc(N)nc(SC)n2)cc1. The van der Waals surface area contributed by atoms with Crippen molar-refractivity contribution in [1.82, 2.24) is 15.0 Å². The fraction of sp³-hybridized carbons (Fsp3) is 0.250. The molecule has 5 nitrogen and oxygen atoms in total. The molecular formula is C12H14N4OS. The summed E-state index contributed by atoms with van der Waals surface area (Å²) in [5, 5.41) is 0.617. The van der Waals surface area contributed by atoms with E-state index in [1.54, 1.807) is 0 Å². The maximum Gasteiger partial charge on any atom is 0.224 e. The number of rotatable bonds is 4. The second-order valence-electron chi connectivity index (χ2n) is 3.46. The highest BCUT2D eigenvalue weighted by atomic mass is 32.2. The molecule has 94 valence electrons. The molecule has 0 fully saturated rings. The summed E-state index contributed by atoms with van der Waals surface area (Å²) in [4.78, 5) is 12.5. The molecule has 0 unspecified atom stereocenters. The lowest BCUT2D eigenvalue weighted by atomic mass is 10.2. The van der Waals surface area contributed by atoms with Crippen LogP contribution in [0.2, 0.25) is 0 Å². The first-order valence-electron chi connectivity index (χ1n) is 5.51. The van der Waals surface area contributed by atoms with Crippen LogP contribution >= 0.6 is 11.8 Å². The Labute approximate surface area is 110 Å². The number of hydrogen-bond donors (Lipinski definition) is 1. The third-order valence-corrected chi connectivity index (χ3v) is 2.79. The number of hydrogen-bond acceptors (Lipinski definition) is 6. The number of nitrogens with zero attached hydrogens (tertiary/aromatic N) is 3. The van der Waals surface area contributed by atoms with Crippen LogP contribution in [0.25, 0.3) is 11.4 Å². The maximum absolute atomic E-state index is 5.65. The van der Waals surface area contributed by atoms with Gasteiger partial charge in [0.1, 0.15) is 5.75 Å². The molecule has 0 bridgehead atoms. The molecule has 0 aliphatic heterocycles. The van der Waals surface area contributed by atoms with Crippen molar-refractivity contribution >= 4 is 17.7 Å². The Morgan fingerprint density at radius 2 is 1.89 bits per heavy atom. The molecule has 2 rings (SSSR count). The van der Waals surface area contributed by atoms with Gasteiger partial charge in [-0.2, -0.15) is 9.97 Å². The first kappa shape index (κ1) is 12.6. The van der Waals surface area contributed by atoms with Gasteiger partial charge in [0.25, 0.3) is 0 Å². The van der Waals surface area contributed by atoms with E-state index in [4.69, 9.17) is 10.5 Å². The zero-order valence-electron chi connectivity index (χ0n) is 10.3. The molecule has 2 N–H and O–H groups in total. The van der Waals surface area contributed by atoms with Gasteiger partial charge in [-0.25, -0.2) is 4.98 Å². The normalized spacial score (nSPS) is 10.3. The van der Waals surface area contributed by atoms with Crippen molar-refractivity contribution in [1.29, 1.82) is 0 Å². The molecule has 0 saturated heterocycles. The molecule has 18 heavy (non-hydrogen) atoms. The van der Waals surface area contributed by atoms with Gasteiger partial charge in [0.2, 0.25) is 5.95 Å². The second kappa shape index (κ2) is 5.68. The van der Waals surface area contributed by atoms with Crippen LogP contribution < -0.4 is 10.5 Å². The van der Waals surface area contributed by atoms with Gasteiger partial charge >= 0.3 is 0 Å². The minimum atomic E-state index is 0.234. The summed E-state index contributed by atoms with van der Waals surface area (Å²) in [7, 11) is 0. The van der Waals surface area contributed by atoms with Crippen molar-refractivity contribution in [2.75, 3.05) is 18.6 Å². The molecular weight excluding hydrogens is 248 g/mol. The highest BCUT2D eigenvalue weighted by molar-refractivity contribution is 7.98. The minimum Gasteiger partial charge on any atom is -0.494 e. The molecule has 0 atom stereocenters. The highest BCUT2D eigenvalue weighted by Crippen LogP contribution is 2.21. The molecule has 0 radical (unpaired) electrons. The monoisotopic (exact) mass is 262 g/mol. The van der Waals surface area contributed by atoms with Crippen molar-refractivity contribution in [3.8, 4) is 17.1 Å². The molecule has 0 aliphatic carbocycles. The number of aromatic nitrogens is 3. The van der Waals surface area contributed by atoms with Crippen LogP contribution in [0.4, 0.5) is 5.95 Å². The summed E-state index contributed by atoms with van der Waals surface area (Å²) < 4.78 is 5.38. The lowest BCUT2D eigenvalue weighted by molar-refractivity contribution is 0.340. The first-order valence-corrected chi connectivity index (χ1v) is 6.74. The summed E-state index contributed by atoms with van der Waals surface area (Å²) in [6.07, 6.45) is 1.90. The van der Waals surface area contributed by atoms with Gasteiger partial charge in [-0.1, -0.05) is 11.8 Å². The maximum atomic E-state index is 5.65. The zero-order valence-corrected chi connectivity index (χ0v) is 11.1. The van der Waals surface area contributed by atoms with Crippen LogP contribution in [-0.4, -0.2) is 27.8 Å². The lowest BCUT2D eigenvalue weighted by Crippen LogP contribution is -2.01. The van der Waals surface area contributed by atoms with E-state index in [9.17, 15) is 0 Å². The van der Waals surface area contributed by atoms with Crippen molar-refractivity contribution in [3.05, 3.63) is 24.3 Å². The molecule has 0 amide bonds. The fourth-order valence-corrected chi connectivity index (χ4v) is 1.82. The lowest BCUT2D eigenvalue weighted by Gasteiger charge is -2.05. The molecule has 0 saturated carbocycles. The van der Waals surface area contributed by atoms with E-state index < -0.39 is 0 Å². The predicted octanol–water partition coefficient (Wildman–Crippen LogP) is 2.24. The van der Waals surface area contributed by atoms with E-state index >= 15 is 0 Å². The van der Waals surface area contributed by atoms with Gasteiger partial charge in [0.05, 0.1) is 6.61 Å². The molecule has 0 aliphatic rings.